The van der Waals surface area contributed by atoms with Crippen molar-refractivity contribution in [1.29, 1.82) is 0 Å². The molecule has 1 aliphatic carbocycles. The molecule has 31 heavy (non-hydrogen) atoms. The van der Waals surface area contributed by atoms with E-state index in [1.807, 2.05) is 12.1 Å². The molecule has 0 heterocycles. The van der Waals surface area contributed by atoms with E-state index in [4.69, 9.17) is 4.74 Å². The maximum atomic E-state index is 13.3. The number of hydrogen-bond donors (Lipinski definition) is 0. The summed E-state index contributed by atoms with van der Waals surface area (Å²) in [5, 5.41) is 0. The molecule has 1 saturated carbocycles. The molecule has 0 spiro atoms. The fourth-order valence-corrected chi connectivity index (χ4v) is 5.53. The molecule has 0 aromatic heterocycles. The monoisotopic (exact) mass is 465 g/mol. The first-order valence-corrected chi connectivity index (χ1v) is 13.9. The van der Waals surface area contributed by atoms with Crippen molar-refractivity contribution < 1.29 is 21.6 Å². The predicted molar refractivity (Wildman–Crippen MR) is 123 cm³/mol. The molecule has 170 valence electrons. The summed E-state index contributed by atoms with van der Waals surface area (Å²) in [6.45, 7) is 6.25. The highest BCUT2D eigenvalue weighted by atomic mass is 32.2. The second-order valence-electron chi connectivity index (χ2n) is 8.23. The predicted octanol–water partition coefficient (Wildman–Crippen LogP) is 3.98. The van der Waals surface area contributed by atoms with Gasteiger partial charge in [0.05, 0.1) is 10.6 Å². The summed E-state index contributed by atoms with van der Waals surface area (Å²) in [4.78, 5) is 0.215. The van der Waals surface area contributed by atoms with E-state index in [2.05, 4.69) is 26.0 Å². The van der Waals surface area contributed by atoms with Crippen molar-refractivity contribution in [2.75, 3.05) is 18.1 Å². The summed E-state index contributed by atoms with van der Waals surface area (Å²) in [6.07, 6.45) is 1.74. The maximum absolute atomic E-state index is 13.3. The minimum absolute atomic E-state index is 0.0324. The summed E-state index contributed by atoms with van der Waals surface area (Å²) < 4.78 is 56.8. The molecule has 0 atom stereocenters. The van der Waals surface area contributed by atoms with Gasteiger partial charge < -0.3 is 4.74 Å². The van der Waals surface area contributed by atoms with Gasteiger partial charge in [0.1, 0.15) is 12.4 Å². The summed E-state index contributed by atoms with van der Waals surface area (Å²) in [5.41, 5.74) is 2.20. The Kier molecular flexibility index (Phi) is 7.44. The molecule has 3 rings (SSSR count). The fourth-order valence-electron chi connectivity index (χ4n) is 3.23. The molecule has 0 amide bonds. The fraction of sp³-hybridized carbons (Fsp3) is 0.478. The third-order valence-corrected chi connectivity index (χ3v) is 9.05. The zero-order valence-corrected chi connectivity index (χ0v) is 20.0. The van der Waals surface area contributed by atoms with Gasteiger partial charge in [-0.3, -0.25) is 0 Å². The van der Waals surface area contributed by atoms with E-state index in [9.17, 15) is 16.8 Å². The lowest BCUT2D eigenvalue weighted by atomic mass is 10.0. The lowest BCUT2D eigenvalue weighted by molar-refractivity contribution is 0.340. The Bertz CT molecular complexity index is 1070. The Hall–Kier alpha value is -1.90. The Morgan fingerprint density at radius 1 is 0.968 bits per heavy atom. The molecule has 2 aromatic rings. The SMILES string of the molecule is CCS(=O)(=O)CCOc1ccc(S(=O)(=O)N(Cc2ccc(C(C)C)cc2)C2CC2)cc1. The van der Waals surface area contributed by atoms with Crippen molar-refractivity contribution in [1.82, 2.24) is 4.31 Å². The zero-order valence-electron chi connectivity index (χ0n) is 18.3. The standard InChI is InChI=1S/C23H31NO5S2/c1-4-30(25,26)16-15-29-22-11-13-23(14-12-22)31(27,28)24(21-9-10-21)17-19-5-7-20(8-6-19)18(2)3/h5-8,11-14,18,21H,4,9-10,15-17H2,1-3H3. The van der Waals surface area contributed by atoms with E-state index >= 15 is 0 Å². The largest absolute Gasteiger partial charge is 0.493 e. The minimum Gasteiger partial charge on any atom is -0.493 e. The number of sulfonamides is 1. The molecule has 0 bridgehead atoms. The van der Waals surface area contributed by atoms with Crippen LogP contribution in [0.15, 0.2) is 53.4 Å². The number of hydrogen-bond acceptors (Lipinski definition) is 5. The van der Waals surface area contributed by atoms with E-state index in [0.29, 0.717) is 18.2 Å². The number of sulfone groups is 1. The summed E-state index contributed by atoms with van der Waals surface area (Å²) in [7, 11) is -6.74. The van der Waals surface area contributed by atoms with Crippen LogP contribution >= 0.6 is 0 Å². The second kappa shape index (κ2) is 9.71. The molecule has 0 saturated heterocycles. The lowest BCUT2D eigenvalue weighted by Crippen LogP contribution is -2.32. The van der Waals surface area contributed by atoms with Crippen molar-refractivity contribution in [2.45, 2.75) is 57.0 Å². The van der Waals surface area contributed by atoms with Crippen LogP contribution < -0.4 is 4.74 Å². The smallest absolute Gasteiger partial charge is 0.243 e. The molecule has 1 aliphatic rings. The van der Waals surface area contributed by atoms with Crippen LogP contribution in [0.5, 0.6) is 5.75 Å². The average Bonchev–Trinajstić information content (AvgIpc) is 3.57. The van der Waals surface area contributed by atoms with Crippen LogP contribution in [0.4, 0.5) is 0 Å². The molecule has 2 aromatic carbocycles. The van der Waals surface area contributed by atoms with Gasteiger partial charge in [-0.25, -0.2) is 16.8 Å². The van der Waals surface area contributed by atoms with Crippen molar-refractivity contribution in [3.63, 3.8) is 0 Å². The maximum Gasteiger partial charge on any atom is 0.243 e. The van der Waals surface area contributed by atoms with E-state index in [0.717, 1.165) is 18.4 Å². The minimum atomic E-state index is -3.65. The molecule has 0 unspecified atom stereocenters. The average molecular weight is 466 g/mol. The van der Waals surface area contributed by atoms with Crippen LogP contribution in [0.25, 0.3) is 0 Å². The highest BCUT2D eigenvalue weighted by Gasteiger charge is 2.38. The first kappa shape index (κ1) is 23.8. The van der Waals surface area contributed by atoms with Gasteiger partial charge in [0, 0.05) is 18.3 Å². The van der Waals surface area contributed by atoms with Gasteiger partial charge in [0.15, 0.2) is 9.84 Å². The summed E-state index contributed by atoms with van der Waals surface area (Å²) >= 11 is 0. The topological polar surface area (TPSA) is 80.8 Å². The normalized spacial score (nSPS) is 14.9. The van der Waals surface area contributed by atoms with E-state index in [1.165, 1.54) is 17.7 Å². The van der Waals surface area contributed by atoms with Crippen LogP contribution in [0.3, 0.4) is 0 Å². The van der Waals surface area contributed by atoms with Crippen LogP contribution in [0.2, 0.25) is 0 Å². The molecule has 0 aliphatic heterocycles. The molecular weight excluding hydrogens is 434 g/mol. The van der Waals surface area contributed by atoms with Gasteiger partial charge >= 0.3 is 0 Å². The van der Waals surface area contributed by atoms with Gasteiger partial charge in [-0.2, -0.15) is 4.31 Å². The van der Waals surface area contributed by atoms with Gasteiger partial charge in [-0.05, 0) is 54.2 Å². The van der Waals surface area contributed by atoms with E-state index < -0.39 is 19.9 Å². The third-order valence-electron chi connectivity index (χ3n) is 5.47. The highest BCUT2D eigenvalue weighted by Crippen LogP contribution is 2.34. The number of ether oxygens (including phenoxy) is 1. The van der Waals surface area contributed by atoms with Gasteiger partial charge in [0.2, 0.25) is 10.0 Å². The number of nitrogens with zero attached hydrogens (tertiary/aromatic N) is 1. The van der Waals surface area contributed by atoms with Crippen LogP contribution in [0, 0.1) is 0 Å². The van der Waals surface area contributed by atoms with Gasteiger partial charge in [-0.15, -0.1) is 0 Å². The second-order valence-corrected chi connectivity index (χ2v) is 12.6. The highest BCUT2D eigenvalue weighted by molar-refractivity contribution is 7.91. The van der Waals surface area contributed by atoms with Gasteiger partial charge in [-0.1, -0.05) is 45.0 Å². The summed E-state index contributed by atoms with van der Waals surface area (Å²) in [6, 6.07) is 14.4. The van der Waals surface area contributed by atoms with Crippen molar-refractivity contribution in [2.24, 2.45) is 0 Å². The van der Waals surface area contributed by atoms with Crippen LogP contribution in [-0.4, -0.2) is 45.3 Å². The van der Waals surface area contributed by atoms with Crippen molar-refractivity contribution in [3.05, 3.63) is 59.7 Å². The molecule has 8 heteroatoms. The molecule has 1 fully saturated rings. The zero-order chi connectivity index (χ0) is 22.6. The van der Waals surface area contributed by atoms with Crippen molar-refractivity contribution >= 4 is 19.9 Å². The molecule has 0 N–H and O–H groups in total. The Morgan fingerprint density at radius 3 is 2.10 bits per heavy atom. The van der Waals surface area contributed by atoms with Crippen LogP contribution in [-0.2, 0) is 26.4 Å². The van der Waals surface area contributed by atoms with Crippen LogP contribution in [0.1, 0.15) is 50.7 Å². The molecular formula is C23H31NO5S2. The Balaban J connectivity index is 1.70. The van der Waals surface area contributed by atoms with E-state index in [-0.39, 0.29) is 29.0 Å². The number of rotatable bonds is 11. The quantitative estimate of drug-likeness (QED) is 0.501. The van der Waals surface area contributed by atoms with E-state index in [1.54, 1.807) is 23.4 Å². The summed E-state index contributed by atoms with van der Waals surface area (Å²) in [5.74, 6) is 0.895. The Labute approximate surface area is 186 Å². The lowest BCUT2D eigenvalue weighted by Gasteiger charge is -2.22. The first-order valence-electron chi connectivity index (χ1n) is 10.7. The molecule has 6 nitrogen and oxygen atoms in total. The third kappa shape index (κ3) is 6.30. The van der Waals surface area contributed by atoms with Crippen molar-refractivity contribution in [3.8, 4) is 5.75 Å². The Morgan fingerprint density at radius 2 is 1.58 bits per heavy atom. The number of benzene rings is 2. The first-order chi connectivity index (χ1) is 14.6. The molecule has 0 radical (unpaired) electrons. The van der Waals surface area contributed by atoms with Gasteiger partial charge in [0.25, 0.3) is 0 Å².